The molecule has 0 aliphatic heterocycles. The summed E-state index contributed by atoms with van der Waals surface area (Å²) in [5.74, 6) is 0. The molecule has 0 bridgehead atoms. The van der Waals surface area contributed by atoms with Crippen molar-refractivity contribution in [3.63, 3.8) is 0 Å². The quantitative estimate of drug-likeness (QED) is 0.426. The third-order valence-electron chi connectivity index (χ3n) is 1.28. The fraction of sp³-hybridized carbons (Fsp3) is 0.750. The Morgan fingerprint density at radius 1 is 1.70 bits per heavy atom. The Bertz CT molecular complexity index is 91.3. The Labute approximate surface area is 63.3 Å². The van der Waals surface area contributed by atoms with Crippen molar-refractivity contribution in [2.45, 2.75) is 39.2 Å². The standard InChI is InChI=1S/C8H16NO/c1-4-6-7-8(3)10-9-5-2/h5,8H,2,4,6-7H2,1,3H3. The topological polar surface area (TPSA) is 21.6 Å². The number of rotatable bonds is 5. The SMILES string of the molecule is [CH2]C=NOC(C)CCCC. The van der Waals surface area contributed by atoms with Gasteiger partial charge in [-0.15, -0.1) is 0 Å². The van der Waals surface area contributed by atoms with Crippen molar-refractivity contribution in [1.29, 1.82) is 0 Å². The van der Waals surface area contributed by atoms with Crippen LogP contribution in [0.1, 0.15) is 33.1 Å². The minimum Gasteiger partial charge on any atom is -0.393 e. The summed E-state index contributed by atoms with van der Waals surface area (Å²) in [5.41, 5.74) is 0. The summed E-state index contributed by atoms with van der Waals surface area (Å²) in [5, 5.41) is 3.59. The highest BCUT2D eigenvalue weighted by Crippen LogP contribution is 2.03. The lowest BCUT2D eigenvalue weighted by molar-refractivity contribution is 0.0661. The fourth-order valence-corrected chi connectivity index (χ4v) is 0.691. The van der Waals surface area contributed by atoms with E-state index in [9.17, 15) is 0 Å². The monoisotopic (exact) mass is 142 g/mol. The molecule has 0 aromatic rings. The lowest BCUT2D eigenvalue weighted by Crippen LogP contribution is -2.03. The average Bonchev–Trinajstić information content (AvgIpc) is 1.97. The largest absolute Gasteiger partial charge is 0.393 e. The first-order valence-electron chi connectivity index (χ1n) is 3.78. The summed E-state index contributed by atoms with van der Waals surface area (Å²) in [6, 6.07) is 0. The Morgan fingerprint density at radius 3 is 2.90 bits per heavy atom. The highest BCUT2D eigenvalue weighted by atomic mass is 16.6. The van der Waals surface area contributed by atoms with Gasteiger partial charge in [-0.25, -0.2) is 0 Å². The van der Waals surface area contributed by atoms with Crippen molar-refractivity contribution in [2.75, 3.05) is 0 Å². The van der Waals surface area contributed by atoms with Gasteiger partial charge >= 0.3 is 0 Å². The first-order valence-corrected chi connectivity index (χ1v) is 3.78. The molecule has 0 heterocycles. The summed E-state index contributed by atoms with van der Waals surface area (Å²) < 4.78 is 0. The summed E-state index contributed by atoms with van der Waals surface area (Å²) >= 11 is 0. The second-order valence-electron chi connectivity index (χ2n) is 2.35. The van der Waals surface area contributed by atoms with E-state index in [4.69, 9.17) is 4.84 Å². The maximum Gasteiger partial charge on any atom is 0.124 e. The van der Waals surface area contributed by atoms with Crippen molar-refractivity contribution in [3.8, 4) is 0 Å². The minimum absolute atomic E-state index is 0.234. The molecule has 2 heteroatoms. The van der Waals surface area contributed by atoms with Gasteiger partial charge in [-0.1, -0.05) is 18.5 Å². The van der Waals surface area contributed by atoms with E-state index in [0.717, 1.165) is 6.42 Å². The maximum atomic E-state index is 5.00. The van der Waals surface area contributed by atoms with Crippen LogP contribution in [0.2, 0.25) is 0 Å². The first kappa shape index (κ1) is 9.47. The van der Waals surface area contributed by atoms with Crippen LogP contribution >= 0.6 is 0 Å². The van der Waals surface area contributed by atoms with Crippen LogP contribution in [0.25, 0.3) is 0 Å². The van der Waals surface area contributed by atoms with Crippen LogP contribution in [0.4, 0.5) is 0 Å². The van der Waals surface area contributed by atoms with Crippen LogP contribution in [0.5, 0.6) is 0 Å². The van der Waals surface area contributed by atoms with Gasteiger partial charge in [-0.2, -0.15) is 0 Å². The molecule has 1 radical (unpaired) electrons. The molecule has 59 valence electrons. The summed E-state index contributed by atoms with van der Waals surface area (Å²) in [7, 11) is 0. The molecule has 0 fully saturated rings. The van der Waals surface area contributed by atoms with E-state index in [1.54, 1.807) is 0 Å². The smallest absolute Gasteiger partial charge is 0.124 e. The van der Waals surface area contributed by atoms with Gasteiger partial charge in [0.2, 0.25) is 0 Å². The Balaban J connectivity index is 3.16. The lowest BCUT2D eigenvalue weighted by Gasteiger charge is -2.06. The lowest BCUT2D eigenvalue weighted by atomic mass is 10.2. The molecular weight excluding hydrogens is 126 g/mol. The van der Waals surface area contributed by atoms with Crippen LogP contribution in [-0.2, 0) is 4.84 Å². The molecule has 0 amide bonds. The van der Waals surface area contributed by atoms with Crippen molar-refractivity contribution < 1.29 is 4.84 Å². The van der Waals surface area contributed by atoms with Crippen molar-refractivity contribution in [2.24, 2.45) is 5.16 Å². The first-order chi connectivity index (χ1) is 4.81. The highest BCUT2D eigenvalue weighted by Gasteiger charge is 1.98. The van der Waals surface area contributed by atoms with Gasteiger partial charge in [0.25, 0.3) is 0 Å². The van der Waals surface area contributed by atoms with Crippen LogP contribution in [0.3, 0.4) is 0 Å². The number of hydrogen-bond donors (Lipinski definition) is 0. The van der Waals surface area contributed by atoms with E-state index in [1.165, 1.54) is 19.1 Å². The highest BCUT2D eigenvalue weighted by molar-refractivity contribution is 5.60. The van der Waals surface area contributed by atoms with Gasteiger partial charge in [0.05, 0.1) is 0 Å². The predicted molar refractivity (Wildman–Crippen MR) is 43.9 cm³/mol. The molecule has 0 aliphatic carbocycles. The molecule has 0 N–H and O–H groups in total. The zero-order chi connectivity index (χ0) is 7.82. The van der Waals surface area contributed by atoms with E-state index < -0.39 is 0 Å². The van der Waals surface area contributed by atoms with Gasteiger partial charge in [-0.05, 0) is 26.7 Å². The fourth-order valence-electron chi connectivity index (χ4n) is 0.691. The molecule has 0 aliphatic rings. The molecule has 1 unspecified atom stereocenters. The van der Waals surface area contributed by atoms with Gasteiger partial charge in [0, 0.05) is 6.21 Å². The van der Waals surface area contributed by atoms with E-state index in [0.29, 0.717) is 0 Å². The third-order valence-corrected chi connectivity index (χ3v) is 1.28. The molecular formula is C8H16NO. The third kappa shape index (κ3) is 5.60. The second-order valence-corrected chi connectivity index (χ2v) is 2.35. The van der Waals surface area contributed by atoms with Gasteiger partial charge in [0.1, 0.15) is 6.10 Å². The number of nitrogens with zero attached hydrogens (tertiary/aromatic N) is 1. The molecule has 0 rings (SSSR count). The number of hydrogen-bond acceptors (Lipinski definition) is 2. The Hall–Kier alpha value is -0.530. The molecule has 0 saturated carbocycles. The van der Waals surface area contributed by atoms with E-state index in [2.05, 4.69) is 19.0 Å². The van der Waals surface area contributed by atoms with E-state index in [1.807, 2.05) is 6.92 Å². The number of unbranched alkanes of at least 4 members (excludes halogenated alkanes) is 1. The summed E-state index contributed by atoms with van der Waals surface area (Å²) in [4.78, 5) is 5.00. The molecule has 0 spiro atoms. The van der Waals surface area contributed by atoms with E-state index in [-0.39, 0.29) is 6.10 Å². The van der Waals surface area contributed by atoms with Crippen LogP contribution in [-0.4, -0.2) is 12.3 Å². The average molecular weight is 142 g/mol. The normalized spacial score (nSPS) is 13.9. The van der Waals surface area contributed by atoms with Gasteiger partial charge in [-0.3, -0.25) is 0 Å². The van der Waals surface area contributed by atoms with Crippen molar-refractivity contribution in [3.05, 3.63) is 6.92 Å². The van der Waals surface area contributed by atoms with Crippen molar-refractivity contribution >= 4 is 6.21 Å². The minimum atomic E-state index is 0.234. The zero-order valence-electron chi connectivity index (χ0n) is 6.84. The van der Waals surface area contributed by atoms with E-state index >= 15 is 0 Å². The predicted octanol–water partition coefficient (Wildman–Crippen LogP) is 2.40. The Kier molecular flexibility index (Phi) is 6.24. The molecule has 1 atom stereocenters. The Morgan fingerprint density at radius 2 is 2.40 bits per heavy atom. The number of oxime groups is 1. The van der Waals surface area contributed by atoms with Crippen LogP contribution in [0.15, 0.2) is 5.16 Å². The molecule has 0 saturated heterocycles. The molecule has 0 aromatic heterocycles. The van der Waals surface area contributed by atoms with Gasteiger partial charge in [0.15, 0.2) is 0 Å². The van der Waals surface area contributed by atoms with Crippen LogP contribution in [0, 0.1) is 6.92 Å². The van der Waals surface area contributed by atoms with Crippen molar-refractivity contribution in [1.82, 2.24) is 0 Å². The summed E-state index contributed by atoms with van der Waals surface area (Å²) in [6.45, 7) is 7.60. The second kappa shape index (κ2) is 6.59. The molecule has 2 nitrogen and oxygen atoms in total. The zero-order valence-corrected chi connectivity index (χ0v) is 6.84. The van der Waals surface area contributed by atoms with Gasteiger partial charge < -0.3 is 4.84 Å². The molecule has 0 aromatic carbocycles. The summed E-state index contributed by atoms with van der Waals surface area (Å²) in [6.07, 6.45) is 5.14. The molecule has 10 heavy (non-hydrogen) atoms. The maximum absolute atomic E-state index is 5.00. The van der Waals surface area contributed by atoms with Crippen LogP contribution < -0.4 is 0 Å².